The minimum absolute atomic E-state index is 0. The smallest absolute Gasteiger partial charge is 0.330 e. The first-order valence-corrected chi connectivity index (χ1v) is 2.60. The van der Waals surface area contributed by atoms with Crippen LogP contribution < -0.4 is 0 Å². The topological polar surface area (TPSA) is 26.3 Å². The van der Waals surface area contributed by atoms with Gasteiger partial charge in [0, 0.05) is 19.6 Å². The standard InChI is InChI=1S/C6H10O2.S/c1-3-5-8-6(7)4-2;/h4H,2-3,5H2,1H3;. The first kappa shape index (κ1) is 11.4. The highest BCUT2D eigenvalue weighted by molar-refractivity contribution is 7.59. The molecule has 0 aromatic rings. The van der Waals surface area contributed by atoms with Gasteiger partial charge in [0.1, 0.15) is 0 Å². The summed E-state index contributed by atoms with van der Waals surface area (Å²) in [5.41, 5.74) is 0. The Kier molecular flexibility index (Phi) is 9.55. The van der Waals surface area contributed by atoms with E-state index in [4.69, 9.17) is 0 Å². The maximum Gasteiger partial charge on any atom is 0.330 e. The minimum atomic E-state index is -0.341. The average molecular weight is 146 g/mol. The number of carbonyl (C=O) groups is 1. The van der Waals surface area contributed by atoms with Crippen molar-refractivity contribution in [1.82, 2.24) is 0 Å². The molecule has 0 atom stereocenters. The molecule has 0 heterocycles. The monoisotopic (exact) mass is 146 g/mol. The van der Waals surface area contributed by atoms with Crippen LogP contribution in [0.3, 0.4) is 0 Å². The van der Waals surface area contributed by atoms with Crippen LogP contribution in [0.5, 0.6) is 0 Å². The van der Waals surface area contributed by atoms with E-state index < -0.39 is 0 Å². The summed E-state index contributed by atoms with van der Waals surface area (Å²) in [7, 11) is 0. The summed E-state index contributed by atoms with van der Waals surface area (Å²) in [6.45, 7) is 5.67. The highest BCUT2D eigenvalue weighted by Crippen LogP contribution is 1.81. The maximum atomic E-state index is 10.2. The van der Waals surface area contributed by atoms with Gasteiger partial charge < -0.3 is 4.74 Å². The second-order valence-corrected chi connectivity index (χ2v) is 1.37. The molecule has 0 aromatic heterocycles. The lowest BCUT2D eigenvalue weighted by Crippen LogP contribution is -1.99. The van der Waals surface area contributed by atoms with Crippen LogP contribution in [0.4, 0.5) is 0 Å². The third-order valence-corrected chi connectivity index (χ3v) is 0.615. The number of hydrogen-bond donors (Lipinski definition) is 0. The van der Waals surface area contributed by atoms with Crippen molar-refractivity contribution < 1.29 is 9.53 Å². The highest BCUT2D eigenvalue weighted by atomic mass is 32.1. The molecule has 3 heteroatoms. The summed E-state index contributed by atoms with van der Waals surface area (Å²) >= 11 is 0. The molecule has 0 aromatic carbocycles. The number of carbonyl (C=O) groups excluding carboxylic acids is 1. The fourth-order valence-electron chi connectivity index (χ4n) is 0.262. The van der Waals surface area contributed by atoms with Crippen LogP contribution >= 0.6 is 13.5 Å². The summed E-state index contributed by atoms with van der Waals surface area (Å²) in [5, 5.41) is 0. The minimum Gasteiger partial charge on any atom is -0.463 e. The molecule has 2 nitrogen and oxygen atoms in total. The van der Waals surface area contributed by atoms with Crippen LogP contribution in [-0.2, 0) is 9.53 Å². The number of ether oxygens (including phenoxy) is 1. The molecule has 0 aliphatic carbocycles. The molecule has 0 fully saturated rings. The predicted octanol–water partition coefficient (Wildman–Crippen LogP) is 1.77. The molecule has 9 heavy (non-hydrogen) atoms. The van der Waals surface area contributed by atoms with Crippen LogP contribution in [0.15, 0.2) is 12.7 Å². The second kappa shape index (κ2) is 7.56. The van der Waals surface area contributed by atoms with E-state index in [0.717, 1.165) is 12.5 Å². The molecule has 0 saturated heterocycles. The van der Waals surface area contributed by atoms with E-state index in [-0.39, 0.29) is 19.5 Å². The van der Waals surface area contributed by atoms with Crippen LogP contribution in [0.25, 0.3) is 0 Å². The van der Waals surface area contributed by atoms with Crippen molar-refractivity contribution in [3.63, 3.8) is 0 Å². The Hall–Kier alpha value is -0.440. The largest absolute Gasteiger partial charge is 0.463 e. The molecule has 0 spiro atoms. The van der Waals surface area contributed by atoms with Crippen molar-refractivity contribution in [3.8, 4) is 0 Å². The highest BCUT2D eigenvalue weighted by Gasteiger charge is 1.89. The van der Waals surface area contributed by atoms with E-state index in [1.165, 1.54) is 0 Å². The van der Waals surface area contributed by atoms with E-state index in [1.54, 1.807) is 0 Å². The molecule has 2 radical (unpaired) electrons. The third kappa shape index (κ3) is 7.56. The molecular formula is C6H10O2S. The van der Waals surface area contributed by atoms with Crippen molar-refractivity contribution >= 4 is 19.5 Å². The Morgan fingerprint density at radius 2 is 2.33 bits per heavy atom. The van der Waals surface area contributed by atoms with Crippen molar-refractivity contribution in [3.05, 3.63) is 12.7 Å². The molecule has 0 saturated carbocycles. The van der Waals surface area contributed by atoms with Gasteiger partial charge in [0.15, 0.2) is 0 Å². The van der Waals surface area contributed by atoms with E-state index in [0.29, 0.717) is 6.61 Å². The van der Waals surface area contributed by atoms with Gasteiger partial charge in [0.05, 0.1) is 6.61 Å². The Labute approximate surface area is 62.3 Å². The first-order chi connectivity index (χ1) is 3.81. The summed E-state index contributed by atoms with van der Waals surface area (Å²) in [5.74, 6) is -0.341. The van der Waals surface area contributed by atoms with Gasteiger partial charge in [-0.3, -0.25) is 0 Å². The third-order valence-electron chi connectivity index (χ3n) is 0.615. The molecule has 0 N–H and O–H groups in total. The lowest BCUT2D eigenvalue weighted by molar-refractivity contribution is -0.137. The SMILES string of the molecule is C=CC(=O)OCCC.[S]. The molecule has 0 aliphatic rings. The first-order valence-electron chi connectivity index (χ1n) is 2.60. The lowest BCUT2D eigenvalue weighted by Gasteiger charge is -1.94. The predicted molar refractivity (Wildman–Crippen MR) is 39.0 cm³/mol. The van der Waals surface area contributed by atoms with E-state index in [9.17, 15) is 4.79 Å². The average Bonchev–Trinajstić information content (AvgIpc) is 1.83. The zero-order valence-corrected chi connectivity index (χ0v) is 6.24. The van der Waals surface area contributed by atoms with Gasteiger partial charge >= 0.3 is 5.97 Å². The molecule has 0 aliphatic heterocycles. The van der Waals surface area contributed by atoms with Crippen molar-refractivity contribution in [1.29, 1.82) is 0 Å². The Morgan fingerprint density at radius 1 is 1.78 bits per heavy atom. The van der Waals surface area contributed by atoms with E-state index >= 15 is 0 Å². The summed E-state index contributed by atoms with van der Waals surface area (Å²) in [6, 6.07) is 0. The molecule has 0 unspecified atom stereocenters. The normalized spacial score (nSPS) is 7.22. The molecule has 52 valence electrons. The number of hydrogen-bond acceptors (Lipinski definition) is 2. The Bertz CT molecular complexity index is 91.1. The Balaban J connectivity index is 0. The summed E-state index contributed by atoms with van der Waals surface area (Å²) in [4.78, 5) is 10.2. The van der Waals surface area contributed by atoms with Gasteiger partial charge in [-0.05, 0) is 6.42 Å². The van der Waals surface area contributed by atoms with Gasteiger partial charge in [-0.15, -0.1) is 0 Å². The van der Waals surface area contributed by atoms with E-state index in [1.807, 2.05) is 6.92 Å². The van der Waals surface area contributed by atoms with Crippen LogP contribution in [0.2, 0.25) is 0 Å². The van der Waals surface area contributed by atoms with Gasteiger partial charge in [-0.25, -0.2) is 4.79 Å². The molecular weight excluding hydrogens is 136 g/mol. The zero-order valence-electron chi connectivity index (χ0n) is 5.42. The summed E-state index contributed by atoms with van der Waals surface area (Å²) < 4.78 is 4.58. The van der Waals surface area contributed by atoms with Crippen LogP contribution in [0, 0.1) is 0 Å². The second-order valence-electron chi connectivity index (χ2n) is 1.37. The fraction of sp³-hybridized carbons (Fsp3) is 0.500. The molecule has 0 amide bonds. The van der Waals surface area contributed by atoms with Gasteiger partial charge in [-0.2, -0.15) is 0 Å². The van der Waals surface area contributed by atoms with Crippen molar-refractivity contribution in [2.75, 3.05) is 6.61 Å². The van der Waals surface area contributed by atoms with Crippen LogP contribution in [0.1, 0.15) is 13.3 Å². The quantitative estimate of drug-likeness (QED) is 0.448. The molecule has 0 rings (SSSR count). The van der Waals surface area contributed by atoms with E-state index in [2.05, 4.69) is 11.3 Å². The number of esters is 1. The summed E-state index contributed by atoms with van der Waals surface area (Å²) in [6.07, 6.45) is 2.02. The number of rotatable bonds is 3. The van der Waals surface area contributed by atoms with Gasteiger partial charge in [0.25, 0.3) is 0 Å². The fourth-order valence-corrected chi connectivity index (χ4v) is 0.262. The van der Waals surface area contributed by atoms with Crippen LogP contribution in [-0.4, -0.2) is 12.6 Å². The lowest BCUT2D eigenvalue weighted by atomic mass is 10.5. The zero-order chi connectivity index (χ0) is 6.41. The Morgan fingerprint density at radius 3 is 2.67 bits per heavy atom. The van der Waals surface area contributed by atoms with Crippen molar-refractivity contribution in [2.24, 2.45) is 0 Å². The maximum absolute atomic E-state index is 10.2. The molecule has 0 bridgehead atoms. The van der Waals surface area contributed by atoms with Gasteiger partial charge in [-0.1, -0.05) is 13.5 Å². The van der Waals surface area contributed by atoms with Gasteiger partial charge in [0.2, 0.25) is 0 Å². The van der Waals surface area contributed by atoms with Crippen molar-refractivity contribution in [2.45, 2.75) is 13.3 Å².